The summed E-state index contributed by atoms with van der Waals surface area (Å²) in [6.07, 6.45) is 2.82. The van der Waals surface area contributed by atoms with Gasteiger partial charge in [-0.25, -0.2) is 0 Å². The lowest BCUT2D eigenvalue weighted by atomic mass is 10.0. The SMILES string of the molecule is Cc1cncc(C(O)c2c(C)nn(C)c2C)c1. The number of pyridine rings is 1. The Morgan fingerprint density at radius 3 is 2.47 bits per heavy atom. The molecule has 0 aliphatic rings. The van der Waals surface area contributed by atoms with E-state index in [2.05, 4.69) is 10.1 Å². The van der Waals surface area contributed by atoms with Crippen molar-refractivity contribution < 1.29 is 5.11 Å². The molecule has 0 aromatic carbocycles. The van der Waals surface area contributed by atoms with E-state index in [0.29, 0.717) is 0 Å². The second kappa shape index (κ2) is 4.30. The molecule has 0 aliphatic carbocycles. The average molecular weight is 231 g/mol. The van der Waals surface area contributed by atoms with Crippen LogP contribution in [0.3, 0.4) is 0 Å². The molecule has 1 atom stereocenters. The smallest absolute Gasteiger partial charge is 0.109 e. The van der Waals surface area contributed by atoms with Crippen LogP contribution >= 0.6 is 0 Å². The first-order valence-corrected chi connectivity index (χ1v) is 5.60. The fraction of sp³-hybridized carbons (Fsp3) is 0.385. The van der Waals surface area contributed by atoms with Gasteiger partial charge in [-0.15, -0.1) is 0 Å². The molecule has 0 saturated carbocycles. The molecule has 1 unspecified atom stereocenters. The van der Waals surface area contributed by atoms with Gasteiger partial charge in [-0.1, -0.05) is 6.07 Å². The van der Waals surface area contributed by atoms with Gasteiger partial charge in [-0.05, 0) is 26.3 Å². The lowest BCUT2D eigenvalue weighted by Crippen LogP contribution is -2.04. The summed E-state index contributed by atoms with van der Waals surface area (Å²) in [5.74, 6) is 0. The van der Waals surface area contributed by atoms with Crippen molar-refractivity contribution in [3.05, 3.63) is 46.5 Å². The van der Waals surface area contributed by atoms with Gasteiger partial charge in [0.1, 0.15) is 6.10 Å². The molecule has 0 amide bonds. The van der Waals surface area contributed by atoms with Crippen LogP contribution in [0.25, 0.3) is 0 Å². The first kappa shape index (κ1) is 11.8. The summed E-state index contributed by atoms with van der Waals surface area (Å²) in [5.41, 5.74) is 4.57. The molecule has 17 heavy (non-hydrogen) atoms. The molecule has 1 N–H and O–H groups in total. The van der Waals surface area contributed by atoms with Crippen LogP contribution in [0.5, 0.6) is 0 Å². The summed E-state index contributed by atoms with van der Waals surface area (Å²) >= 11 is 0. The fourth-order valence-electron chi connectivity index (χ4n) is 2.08. The molecule has 0 fully saturated rings. The van der Waals surface area contributed by atoms with Gasteiger partial charge < -0.3 is 5.11 Å². The Kier molecular flexibility index (Phi) is 2.98. The van der Waals surface area contributed by atoms with E-state index in [1.807, 2.05) is 33.9 Å². The molecule has 0 aliphatic heterocycles. The standard InChI is InChI=1S/C13H17N3O/c1-8-5-11(7-14-6-8)13(17)12-9(2)15-16(4)10(12)3/h5-7,13,17H,1-4H3. The molecule has 2 heterocycles. The lowest BCUT2D eigenvalue weighted by Gasteiger charge is -2.12. The molecular weight excluding hydrogens is 214 g/mol. The average Bonchev–Trinajstić information content (AvgIpc) is 2.52. The van der Waals surface area contributed by atoms with Crippen molar-refractivity contribution in [2.24, 2.45) is 7.05 Å². The number of aromatic nitrogens is 3. The summed E-state index contributed by atoms with van der Waals surface area (Å²) in [5, 5.41) is 14.7. The van der Waals surface area contributed by atoms with Crippen molar-refractivity contribution in [1.82, 2.24) is 14.8 Å². The highest BCUT2D eigenvalue weighted by atomic mass is 16.3. The van der Waals surface area contributed by atoms with E-state index in [-0.39, 0.29) is 0 Å². The van der Waals surface area contributed by atoms with Gasteiger partial charge in [0, 0.05) is 36.3 Å². The number of hydrogen-bond acceptors (Lipinski definition) is 3. The Hall–Kier alpha value is -1.68. The predicted molar refractivity (Wildman–Crippen MR) is 65.7 cm³/mol. The zero-order valence-corrected chi connectivity index (χ0v) is 10.6. The molecule has 0 bridgehead atoms. The van der Waals surface area contributed by atoms with Crippen molar-refractivity contribution in [2.75, 3.05) is 0 Å². The number of nitrogens with zero attached hydrogens (tertiary/aromatic N) is 3. The lowest BCUT2D eigenvalue weighted by molar-refractivity contribution is 0.218. The van der Waals surface area contributed by atoms with Crippen molar-refractivity contribution in [3.63, 3.8) is 0 Å². The largest absolute Gasteiger partial charge is 0.383 e. The second-order valence-corrected chi connectivity index (χ2v) is 4.41. The summed E-state index contributed by atoms with van der Waals surface area (Å²) in [4.78, 5) is 4.11. The van der Waals surface area contributed by atoms with Gasteiger partial charge in [-0.3, -0.25) is 9.67 Å². The first-order chi connectivity index (χ1) is 8.00. The number of aryl methyl sites for hydroxylation is 3. The van der Waals surface area contributed by atoms with Gasteiger partial charge in [-0.2, -0.15) is 5.10 Å². The van der Waals surface area contributed by atoms with Gasteiger partial charge in [0.25, 0.3) is 0 Å². The maximum Gasteiger partial charge on any atom is 0.109 e. The number of hydrogen-bond donors (Lipinski definition) is 1. The van der Waals surface area contributed by atoms with Gasteiger partial charge in [0.15, 0.2) is 0 Å². The van der Waals surface area contributed by atoms with Crippen LogP contribution in [0.2, 0.25) is 0 Å². The molecular formula is C13H17N3O. The van der Waals surface area contributed by atoms with Gasteiger partial charge in [0.05, 0.1) is 5.69 Å². The Morgan fingerprint density at radius 2 is 1.94 bits per heavy atom. The number of aliphatic hydroxyl groups is 1. The highest BCUT2D eigenvalue weighted by Gasteiger charge is 2.19. The molecule has 0 saturated heterocycles. The van der Waals surface area contributed by atoms with Crippen molar-refractivity contribution in [2.45, 2.75) is 26.9 Å². The van der Waals surface area contributed by atoms with E-state index in [4.69, 9.17) is 0 Å². The van der Waals surface area contributed by atoms with E-state index in [1.165, 1.54) is 0 Å². The molecule has 2 rings (SSSR count). The minimum Gasteiger partial charge on any atom is -0.383 e. The van der Waals surface area contributed by atoms with Crippen molar-refractivity contribution >= 4 is 0 Å². The molecule has 4 heteroatoms. The summed E-state index contributed by atoms with van der Waals surface area (Å²) in [6.45, 7) is 5.84. The van der Waals surface area contributed by atoms with E-state index in [9.17, 15) is 5.11 Å². The molecule has 0 radical (unpaired) electrons. The third-order valence-corrected chi connectivity index (χ3v) is 3.05. The van der Waals surface area contributed by atoms with Gasteiger partial charge in [0.2, 0.25) is 0 Å². The van der Waals surface area contributed by atoms with Crippen LogP contribution in [-0.4, -0.2) is 19.9 Å². The van der Waals surface area contributed by atoms with Crippen molar-refractivity contribution in [1.29, 1.82) is 0 Å². The third kappa shape index (κ3) is 2.08. The van der Waals surface area contributed by atoms with Crippen LogP contribution in [0.4, 0.5) is 0 Å². The van der Waals surface area contributed by atoms with E-state index in [1.54, 1.807) is 17.1 Å². The molecule has 90 valence electrons. The van der Waals surface area contributed by atoms with Crippen molar-refractivity contribution in [3.8, 4) is 0 Å². The van der Waals surface area contributed by atoms with Crippen LogP contribution in [0, 0.1) is 20.8 Å². The predicted octanol–water partition coefficient (Wildman–Crippen LogP) is 1.82. The Balaban J connectivity index is 2.47. The summed E-state index contributed by atoms with van der Waals surface area (Å²) < 4.78 is 1.79. The topological polar surface area (TPSA) is 50.9 Å². The zero-order chi connectivity index (χ0) is 12.6. The maximum absolute atomic E-state index is 10.4. The second-order valence-electron chi connectivity index (χ2n) is 4.41. The van der Waals surface area contributed by atoms with Gasteiger partial charge >= 0.3 is 0 Å². The Bertz CT molecular complexity index is 546. The highest BCUT2D eigenvalue weighted by molar-refractivity contribution is 5.35. The minimum atomic E-state index is -0.656. The van der Waals surface area contributed by atoms with Crippen LogP contribution < -0.4 is 0 Å². The molecule has 4 nitrogen and oxygen atoms in total. The third-order valence-electron chi connectivity index (χ3n) is 3.05. The minimum absolute atomic E-state index is 0.656. The maximum atomic E-state index is 10.4. The quantitative estimate of drug-likeness (QED) is 0.857. The van der Waals surface area contributed by atoms with E-state index >= 15 is 0 Å². The fourth-order valence-corrected chi connectivity index (χ4v) is 2.08. The van der Waals surface area contributed by atoms with Crippen LogP contribution in [-0.2, 0) is 7.05 Å². The van der Waals surface area contributed by atoms with Crippen LogP contribution in [0.15, 0.2) is 18.5 Å². The van der Waals surface area contributed by atoms with E-state index < -0.39 is 6.10 Å². The van der Waals surface area contributed by atoms with E-state index in [0.717, 1.165) is 28.1 Å². The highest BCUT2D eigenvalue weighted by Crippen LogP contribution is 2.26. The molecule has 2 aromatic heterocycles. The summed E-state index contributed by atoms with van der Waals surface area (Å²) in [6, 6.07) is 1.95. The molecule has 0 spiro atoms. The number of rotatable bonds is 2. The normalized spacial score (nSPS) is 12.8. The van der Waals surface area contributed by atoms with Crippen LogP contribution in [0.1, 0.15) is 34.2 Å². The number of aliphatic hydroxyl groups excluding tert-OH is 1. The Morgan fingerprint density at radius 1 is 1.24 bits per heavy atom. The summed E-state index contributed by atoms with van der Waals surface area (Å²) in [7, 11) is 1.88. The monoisotopic (exact) mass is 231 g/mol. The first-order valence-electron chi connectivity index (χ1n) is 5.60. The zero-order valence-electron chi connectivity index (χ0n) is 10.6. The Labute approximate surface area is 101 Å². The molecule has 2 aromatic rings.